The van der Waals surface area contributed by atoms with E-state index in [4.69, 9.17) is 17.0 Å². The van der Waals surface area contributed by atoms with E-state index in [1.807, 2.05) is 60.3 Å². The van der Waals surface area contributed by atoms with Crippen LogP contribution in [-0.2, 0) is 11.3 Å². The molecule has 2 aromatic heterocycles. The average molecular weight is 415 g/mol. The number of anilines is 1. The van der Waals surface area contributed by atoms with Gasteiger partial charge in [-0.25, -0.2) is 4.79 Å². The molecule has 146 valence electrons. The molecule has 3 aromatic rings. The maximum atomic E-state index is 12.2. The van der Waals surface area contributed by atoms with Crippen LogP contribution < -0.4 is 10.6 Å². The Kier molecular flexibility index (Phi) is 6.78. The first-order valence-electron chi connectivity index (χ1n) is 8.89. The number of benzene rings is 1. The summed E-state index contributed by atoms with van der Waals surface area (Å²) in [5.74, 6) is -0.391. The van der Waals surface area contributed by atoms with Crippen LogP contribution in [0.2, 0.25) is 0 Å². The van der Waals surface area contributed by atoms with Crippen LogP contribution in [0.4, 0.5) is 5.00 Å². The summed E-state index contributed by atoms with van der Waals surface area (Å²) in [6.45, 7) is 3.49. The fraction of sp³-hybridized carbons (Fsp3) is 0.250. The molecule has 0 fully saturated rings. The Labute approximate surface area is 173 Å². The fourth-order valence-electron chi connectivity index (χ4n) is 2.67. The van der Waals surface area contributed by atoms with Crippen molar-refractivity contribution in [1.29, 1.82) is 0 Å². The first kappa shape index (κ1) is 20.0. The quantitative estimate of drug-likeness (QED) is 0.345. The van der Waals surface area contributed by atoms with E-state index in [9.17, 15) is 4.79 Å². The molecule has 0 amide bonds. The first-order chi connectivity index (χ1) is 13.6. The van der Waals surface area contributed by atoms with Crippen molar-refractivity contribution in [2.24, 2.45) is 0 Å². The highest BCUT2D eigenvalue weighted by molar-refractivity contribution is 7.80. The number of aromatic nitrogens is 2. The van der Waals surface area contributed by atoms with Crippen LogP contribution in [0.5, 0.6) is 0 Å². The molecule has 0 aliphatic rings. The van der Waals surface area contributed by atoms with E-state index < -0.39 is 5.97 Å². The number of ether oxygens (including phenoxy) is 1. The number of hydrogen-bond acceptors (Lipinski definition) is 5. The summed E-state index contributed by atoms with van der Waals surface area (Å²) in [4.78, 5) is 13.1. The van der Waals surface area contributed by atoms with Gasteiger partial charge in [0.2, 0.25) is 0 Å². The third-order valence-electron chi connectivity index (χ3n) is 4.05. The summed E-state index contributed by atoms with van der Waals surface area (Å²) in [6, 6.07) is 13.7. The molecule has 0 spiro atoms. The molecule has 3 rings (SSSR count). The molecule has 28 heavy (non-hydrogen) atoms. The zero-order valence-corrected chi connectivity index (χ0v) is 17.4. The molecule has 0 atom stereocenters. The van der Waals surface area contributed by atoms with Gasteiger partial charge in [-0.2, -0.15) is 5.10 Å². The Morgan fingerprint density at radius 2 is 2.07 bits per heavy atom. The topological polar surface area (TPSA) is 68.2 Å². The molecule has 0 unspecified atom stereocenters. The standard InChI is InChI=1S/C20H22N4O2S2/c1-14-9-12-24(23-14)11-6-10-21-20(27)22-18-16(19(25)26-2)13-17(28-18)15-7-4-3-5-8-15/h3-5,7-9,12-13H,6,10-11H2,1-2H3,(H2,21,22,27). The predicted molar refractivity (Wildman–Crippen MR) is 117 cm³/mol. The lowest BCUT2D eigenvalue weighted by Gasteiger charge is -2.10. The van der Waals surface area contributed by atoms with E-state index in [1.165, 1.54) is 18.4 Å². The van der Waals surface area contributed by atoms with Crippen LogP contribution >= 0.6 is 23.6 Å². The smallest absolute Gasteiger partial charge is 0.340 e. The van der Waals surface area contributed by atoms with E-state index in [0.717, 1.165) is 29.1 Å². The van der Waals surface area contributed by atoms with E-state index in [2.05, 4.69) is 15.7 Å². The third kappa shape index (κ3) is 5.17. The van der Waals surface area contributed by atoms with E-state index in [0.29, 0.717) is 22.2 Å². The molecule has 0 aliphatic carbocycles. The highest BCUT2D eigenvalue weighted by atomic mass is 32.1. The zero-order valence-electron chi connectivity index (χ0n) is 15.8. The summed E-state index contributed by atoms with van der Waals surface area (Å²) in [7, 11) is 1.37. The van der Waals surface area contributed by atoms with Gasteiger partial charge in [0.1, 0.15) is 5.00 Å². The number of aryl methyl sites for hydroxylation is 2. The molecule has 6 nitrogen and oxygen atoms in total. The minimum Gasteiger partial charge on any atom is -0.465 e. The molecule has 0 radical (unpaired) electrons. The molecule has 1 aromatic carbocycles. The Hall–Kier alpha value is -2.71. The lowest BCUT2D eigenvalue weighted by molar-refractivity contribution is 0.0602. The second kappa shape index (κ2) is 9.48. The number of nitrogens with one attached hydrogen (secondary N) is 2. The number of hydrogen-bond donors (Lipinski definition) is 2. The van der Waals surface area contributed by atoms with Crippen molar-refractivity contribution in [2.75, 3.05) is 19.0 Å². The normalized spacial score (nSPS) is 10.5. The summed E-state index contributed by atoms with van der Waals surface area (Å²) in [5.41, 5.74) is 2.52. The summed E-state index contributed by atoms with van der Waals surface area (Å²) < 4.78 is 6.82. The number of rotatable bonds is 7. The van der Waals surface area contributed by atoms with Crippen molar-refractivity contribution in [3.05, 3.63) is 59.9 Å². The van der Waals surface area contributed by atoms with Crippen molar-refractivity contribution in [1.82, 2.24) is 15.1 Å². The highest BCUT2D eigenvalue weighted by Crippen LogP contribution is 2.35. The van der Waals surface area contributed by atoms with E-state index in [-0.39, 0.29) is 0 Å². The van der Waals surface area contributed by atoms with Crippen molar-refractivity contribution >= 4 is 39.6 Å². The molecule has 2 heterocycles. The summed E-state index contributed by atoms with van der Waals surface area (Å²) in [6.07, 6.45) is 2.85. The van der Waals surface area contributed by atoms with Crippen LogP contribution in [0.3, 0.4) is 0 Å². The molecule has 0 saturated heterocycles. The number of methoxy groups -OCH3 is 1. The largest absolute Gasteiger partial charge is 0.465 e. The number of carbonyl (C=O) groups is 1. The Morgan fingerprint density at radius 3 is 2.75 bits per heavy atom. The highest BCUT2D eigenvalue weighted by Gasteiger charge is 2.18. The van der Waals surface area contributed by atoms with Crippen molar-refractivity contribution < 1.29 is 9.53 Å². The second-order valence-corrected chi connectivity index (χ2v) is 7.63. The SMILES string of the molecule is COC(=O)c1cc(-c2ccccc2)sc1NC(=S)NCCCn1ccc(C)n1. The number of thiophene rings is 1. The minimum atomic E-state index is -0.391. The number of nitrogens with zero attached hydrogens (tertiary/aromatic N) is 2. The zero-order chi connectivity index (χ0) is 19.9. The predicted octanol–water partition coefficient (Wildman–Crippen LogP) is 4.08. The van der Waals surface area contributed by atoms with Gasteiger partial charge in [-0.05, 0) is 43.3 Å². The lowest BCUT2D eigenvalue weighted by atomic mass is 10.1. The van der Waals surface area contributed by atoms with Gasteiger partial charge in [0.15, 0.2) is 5.11 Å². The van der Waals surface area contributed by atoms with Gasteiger partial charge < -0.3 is 15.4 Å². The molecule has 2 N–H and O–H groups in total. The van der Waals surface area contributed by atoms with Crippen molar-refractivity contribution in [3.8, 4) is 10.4 Å². The molecule has 0 aliphatic heterocycles. The molecule has 8 heteroatoms. The van der Waals surface area contributed by atoms with Gasteiger partial charge >= 0.3 is 5.97 Å². The average Bonchev–Trinajstić information content (AvgIpc) is 3.31. The third-order valence-corrected chi connectivity index (χ3v) is 5.39. The molecule has 0 saturated carbocycles. The van der Waals surface area contributed by atoms with Crippen molar-refractivity contribution in [2.45, 2.75) is 19.9 Å². The van der Waals surface area contributed by atoms with Gasteiger partial charge in [0.25, 0.3) is 0 Å². The van der Waals surface area contributed by atoms with Gasteiger partial charge in [0, 0.05) is 24.2 Å². The monoisotopic (exact) mass is 414 g/mol. The van der Waals surface area contributed by atoms with Crippen molar-refractivity contribution in [3.63, 3.8) is 0 Å². The van der Waals surface area contributed by atoms with Gasteiger partial charge in [-0.1, -0.05) is 30.3 Å². The fourth-order valence-corrected chi connectivity index (χ4v) is 3.99. The number of esters is 1. The van der Waals surface area contributed by atoms with Crippen LogP contribution in [0.25, 0.3) is 10.4 Å². The lowest BCUT2D eigenvalue weighted by Crippen LogP contribution is -2.30. The maximum Gasteiger partial charge on any atom is 0.340 e. The first-order valence-corrected chi connectivity index (χ1v) is 10.1. The van der Waals surface area contributed by atoms with E-state index in [1.54, 1.807) is 0 Å². The van der Waals surface area contributed by atoms with Gasteiger partial charge in [-0.15, -0.1) is 11.3 Å². The Balaban J connectivity index is 1.60. The Bertz CT molecular complexity index is 950. The van der Waals surface area contributed by atoms with Crippen LogP contribution in [0, 0.1) is 6.92 Å². The minimum absolute atomic E-state index is 0.391. The molecular weight excluding hydrogens is 392 g/mol. The molecular formula is C20H22N4O2S2. The van der Waals surface area contributed by atoms with Crippen LogP contribution in [-0.4, -0.2) is 34.5 Å². The van der Waals surface area contributed by atoms with Gasteiger partial charge in [0.05, 0.1) is 18.4 Å². The summed E-state index contributed by atoms with van der Waals surface area (Å²) in [5, 5.41) is 11.8. The maximum absolute atomic E-state index is 12.2. The van der Waals surface area contributed by atoms with Crippen LogP contribution in [0.1, 0.15) is 22.5 Å². The molecule has 0 bridgehead atoms. The number of carbonyl (C=O) groups excluding carboxylic acids is 1. The number of thiocarbonyl (C=S) groups is 1. The van der Waals surface area contributed by atoms with Crippen LogP contribution in [0.15, 0.2) is 48.7 Å². The van der Waals surface area contributed by atoms with E-state index >= 15 is 0 Å². The summed E-state index contributed by atoms with van der Waals surface area (Å²) >= 11 is 6.86. The second-order valence-electron chi connectivity index (χ2n) is 6.17. The van der Waals surface area contributed by atoms with Gasteiger partial charge in [-0.3, -0.25) is 4.68 Å². The Morgan fingerprint density at radius 1 is 1.29 bits per heavy atom.